The molecule has 6 nitrogen and oxygen atoms in total. The van der Waals surface area contributed by atoms with Crippen LogP contribution in [0, 0.1) is 17.2 Å². The van der Waals surface area contributed by atoms with Crippen LogP contribution in [0.1, 0.15) is 36.5 Å². The number of rotatable bonds is 6. The molecule has 1 aromatic heterocycles. The molecule has 1 fully saturated rings. The molecule has 7 heteroatoms. The maximum Gasteiger partial charge on any atom is 0.230 e. The molecule has 0 bridgehead atoms. The fourth-order valence-corrected chi connectivity index (χ4v) is 4.80. The van der Waals surface area contributed by atoms with E-state index in [-0.39, 0.29) is 17.4 Å². The zero-order chi connectivity index (χ0) is 20.9. The number of furan rings is 1. The number of nitrogens with one attached hydrogen (secondary N) is 1. The number of fused-ring (bicyclic) bond motifs is 1. The van der Waals surface area contributed by atoms with Gasteiger partial charge in [0, 0.05) is 18.7 Å². The number of benzene rings is 1. The highest BCUT2D eigenvalue weighted by atomic mass is 32.2. The first kappa shape index (κ1) is 20.2. The zero-order valence-electron chi connectivity index (χ0n) is 16.3. The van der Waals surface area contributed by atoms with Gasteiger partial charge in [0.1, 0.15) is 16.6 Å². The number of hydrogen-bond acceptors (Lipinski definition) is 6. The molecule has 0 spiro atoms. The van der Waals surface area contributed by atoms with Gasteiger partial charge in [-0.2, -0.15) is 5.26 Å². The Labute approximate surface area is 179 Å². The van der Waals surface area contributed by atoms with Crippen LogP contribution in [0.4, 0.5) is 0 Å². The SMILES string of the molecule is N#CC1=C(SCC(=O)NCc2ccccc2)N=C2CCCC(=O)C2[C@H]1c1ccco1. The van der Waals surface area contributed by atoms with Gasteiger partial charge in [0.2, 0.25) is 5.91 Å². The van der Waals surface area contributed by atoms with Crippen molar-refractivity contribution in [1.29, 1.82) is 5.26 Å². The zero-order valence-corrected chi connectivity index (χ0v) is 17.2. The number of amides is 1. The van der Waals surface area contributed by atoms with E-state index in [2.05, 4.69) is 16.4 Å². The van der Waals surface area contributed by atoms with Gasteiger partial charge in [-0.1, -0.05) is 42.1 Å². The third kappa shape index (κ3) is 4.24. The number of Topliss-reactive ketones (excluding diaryl/α,β-unsaturated/α-hetero) is 1. The Morgan fingerprint density at radius 1 is 1.20 bits per heavy atom. The molecule has 1 amide bonds. The lowest BCUT2D eigenvalue weighted by Crippen LogP contribution is -2.37. The monoisotopic (exact) mass is 419 g/mol. The summed E-state index contributed by atoms with van der Waals surface area (Å²) in [4.78, 5) is 29.7. The quantitative estimate of drug-likeness (QED) is 0.764. The van der Waals surface area contributed by atoms with Crippen molar-refractivity contribution in [1.82, 2.24) is 5.32 Å². The summed E-state index contributed by atoms with van der Waals surface area (Å²) in [5.41, 5.74) is 2.21. The topological polar surface area (TPSA) is 95.5 Å². The number of nitrogens with zero attached hydrogens (tertiary/aromatic N) is 2. The molecule has 1 aliphatic heterocycles. The van der Waals surface area contributed by atoms with E-state index in [1.165, 1.54) is 11.8 Å². The number of aliphatic imine (C=N–C) groups is 1. The van der Waals surface area contributed by atoms with Crippen molar-refractivity contribution < 1.29 is 14.0 Å². The molecule has 2 heterocycles. The minimum atomic E-state index is -0.472. The Morgan fingerprint density at radius 3 is 2.77 bits per heavy atom. The van der Waals surface area contributed by atoms with Gasteiger partial charge in [-0.25, -0.2) is 4.99 Å². The van der Waals surface area contributed by atoms with E-state index in [4.69, 9.17) is 4.42 Å². The number of allylic oxidation sites excluding steroid dienone is 1. The first-order chi connectivity index (χ1) is 14.7. The maximum absolute atomic E-state index is 12.7. The van der Waals surface area contributed by atoms with E-state index < -0.39 is 11.8 Å². The molecule has 1 saturated carbocycles. The van der Waals surface area contributed by atoms with Crippen LogP contribution < -0.4 is 5.32 Å². The number of carbonyl (C=O) groups excluding carboxylic acids is 2. The van der Waals surface area contributed by atoms with Crippen molar-refractivity contribution in [2.24, 2.45) is 10.9 Å². The van der Waals surface area contributed by atoms with Crippen molar-refractivity contribution in [3.05, 3.63) is 70.7 Å². The average Bonchev–Trinajstić information content (AvgIpc) is 3.30. The summed E-state index contributed by atoms with van der Waals surface area (Å²) in [6.07, 6.45) is 3.52. The maximum atomic E-state index is 12.7. The van der Waals surface area contributed by atoms with Gasteiger partial charge in [-0.3, -0.25) is 9.59 Å². The lowest BCUT2D eigenvalue weighted by Gasteiger charge is -2.33. The van der Waals surface area contributed by atoms with Gasteiger partial charge in [-0.15, -0.1) is 0 Å². The van der Waals surface area contributed by atoms with Crippen LogP contribution in [0.5, 0.6) is 0 Å². The van der Waals surface area contributed by atoms with E-state index in [0.29, 0.717) is 29.3 Å². The van der Waals surface area contributed by atoms with Crippen molar-refractivity contribution in [3.8, 4) is 6.07 Å². The van der Waals surface area contributed by atoms with Gasteiger partial charge in [0.05, 0.1) is 35.5 Å². The second kappa shape index (κ2) is 9.14. The molecule has 1 unspecified atom stereocenters. The number of carbonyl (C=O) groups is 2. The Hall–Kier alpha value is -3.11. The normalized spacial score (nSPS) is 20.9. The summed E-state index contributed by atoms with van der Waals surface area (Å²) in [6.45, 7) is 0.449. The Morgan fingerprint density at radius 2 is 2.03 bits per heavy atom. The highest BCUT2D eigenvalue weighted by Gasteiger charge is 2.43. The molecule has 0 saturated heterocycles. The summed E-state index contributed by atoms with van der Waals surface area (Å²) >= 11 is 1.24. The van der Waals surface area contributed by atoms with Crippen molar-refractivity contribution in [2.75, 3.05) is 5.75 Å². The largest absolute Gasteiger partial charge is 0.469 e. The smallest absolute Gasteiger partial charge is 0.230 e. The molecule has 0 radical (unpaired) electrons. The third-order valence-electron chi connectivity index (χ3n) is 5.32. The highest BCUT2D eigenvalue weighted by molar-refractivity contribution is 8.03. The predicted octanol–water partition coefficient (Wildman–Crippen LogP) is 3.97. The standard InChI is InChI=1S/C23H21N3O3S/c24-12-16-21(19-10-5-11-29-19)22-17(8-4-9-18(22)27)26-23(16)30-14-20(28)25-13-15-6-2-1-3-7-15/h1-3,5-7,10-11,21-22H,4,8-9,13-14H2,(H,25,28)/t21-,22?/m1/s1. The van der Waals surface area contributed by atoms with Gasteiger partial charge in [0.25, 0.3) is 0 Å². The Balaban J connectivity index is 1.52. The van der Waals surface area contributed by atoms with Crippen LogP contribution in [0.15, 0.2) is 68.7 Å². The van der Waals surface area contributed by atoms with Crippen molar-refractivity contribution in [2.45, 2.75) is 31.7 Å². The van der Waals surface area contributed by atoms with Crippen LogP contribution in [0.3, 0.4) is 0 Å². The van der Waals surface area contributed by atoms with E-state index in [9.17, 15) is 14.9 Å². The minimum Gasteiger partial charge on any atom is -0.469 e. The first-order valence-corrected chi connectivity index (χ1v) is 10.9. The second-order valence-corrected chi connectivity index (χ2v) is 8.24. The lowest BCUT2D eigenvalue weighted by molar-refractivity contribution is -0.122. The molecule has 4 rings (SSSR count). The summed E-state index contributed by atoms with van der Waals surface area (Å²) < 4.78 is 5.58. The molecule has 152 valence electrons. The van der Waals surface area contributed by atoms with Crippen molar-refractivity contribution >= 4 is 29.2 Å². The van der Waals surface area contributed by atoms with Gasteiger partial charge in [-0.05, 0) is 30.5 Å². The van der Waals surface area contributed by atoms with Crippen LogP contribution in [-0.4, -0.2) is 23.2 Å². The fourth-order valence-electron chi connectivity index (χ4n) is 3.92. The number of nitriles is 1. The van der Waals surface area contributed by atoms with Crippen LogP contribution in [0.2, 0.25) is 0 Å². The molecule has 2 aromatic rings. The lowest BCUT2D eigenvalue weighted by atomic mass is 9.72. The van der Waals surface area contributed by atoms with Gasteiger partial charge in [0.15, 0.2) is 0 Å². The summed E-state index contributed by atoms with van der Waals surface area (Å²) in [6, 6.07) is 15.5. The van der Waals surface area contributed by atoms with Gasteiger partial charge < -0.3 is 9.73 Å². The van der Waals surface area contributed by atoms with Gasteiger partial charge >= 0.3 is 0 Å². The molecular weight excluding hydrogens is 398 g/mol. The highest BCUT2D eigenvalue weighted by Crippen LogP contribution is 2.44. The third-order valence-corrected chi connectivity index (χ3v) is 6.32. The van der Waals surface area contributed by atoms with Crippen LogP contribution >= 0.6 is 11.8 Å². The second-order valence-electron chi connectivity index (χ2n) is 7.28. The van der Waals surface area contributed by atoms with Crippen molar-refractivity contribution in [3.63, 3.8) is 0 Å². The number of ketones is 1. The predicted molar refractivity (Wildman–Crippen MR) is 115 cm³/mol. The Kier molecular flexibility index (Phi) is 6.15. The number of thioether (sulfide) groups is 1. The Bertz CT molecular complexity index is 1040. The molecule has 1 aromatic carbocycles. The summed E-state index contributed by atoms with van der Waals surface area (Å²) in [7, 11) is 0. The molecule has 1 N–H and O–H groups in total. The number of hydrogen-bond donors (Lipinski definition) is 1. The molecule has 2 atom stereocenters. The van der Waals surface area contributed by atoms with E-state index >= 15 is 0 Å². The summed E-state index contributed by atoms with van der Waals surface area (Å²) in [5.74, 6) is -0.223. The summed E-state index contributed by atoms with van der Waals surface area (Å²) in [5, 5.41) is 13.3. The molecule has 30 heavy (non-hydrogen) atoms. The first-order valence-electron chi connectivity index (χ1n) is 9.88. The van der Waals surface area contributed by atoms with E-state index in [1.54, 1.807) is 18.4 Å². The van der Waals surface area contributed by atoms with Crippen LogP contribution in [-0.2, 0) is 16.1 Å². The molecular formula is C23H21N3O3S. The van der Waals surface area contributed by atoms with E-state index in [1.807, 2.05) is 30.3 Å². The molecule has 2 aliphatic rings. The van der Waals surface area contributed by atoms with Crippen LogP contribution in [0.25, 0.3) is 0 Å². The minimum absolute atomic E-state index is 0.0961. The fraction of sp³-hybridized carbons (Fsp3) is 0.304. The average molecular weight is 420 g/mol. The van der Waals surface area contributed by atoms with E-state index in [0.717, 1.165) is 24.1 Å². The molecule has 1 aliphatic carbocycles.